The van der Waals surface area contributed by atoms with Crippen molar-refractivity contribution in [3.05, 3.63) is 95.7 Å². The number of piperidine rings is 1. The lowest BCUT2D eigenvalue weighted by Gasteiger charge is -2.28. The second-order valence-corrected chi connectivity index (χ2v) is 10.1. The summed E-state index contributed by atoms with van der Waals surface area (Å²) in [6, 6.07) is 19.2. The molecule has 0 radical (unpaired) electrons. The Morgan fingerprint density at radius 3 is 2.31 bits per heavy atom. The molecule has 1 saturated heterocycles. The molecule has 1 fully saturated rings. The van der Waals surface area contributed by atoms with Crippen LogP contribution in [0.4, 0.5) is 29.5 Å². The van der Waals surface area contributed by atoms with E-state index < -0.39 is 23.7 Å². The van der Waals surface area contributed by atoms with E-state index in [2.05, 4.69) is 32.7 Å². The molecular formula is C31H30F3N5O3. The predicted molar refractivity (Wildman–Crippen MR) is 153 cm³/mol. The normalized spacial score (nSPS) is 13.5. The first-order chi connectivity index (χ1) is 20.2. The molecule has 1 aromatic heterocycles. The third-order valence-electron chi connectivity index (χ3n) is 7.05. The Bertz CT molecular complexity index is 1540. The van der Waals surface area contributed by atoms with Crippen LogP contribution in [0, 0.1) is 0 Å². The van der Waals surface area contributed by atoms with E-state index in [9.17, 15) is 22.8 Å². The topological polar surface area (TPSA) is 88.5 Å². The van der Waals surface area contributed by atoms with Gasteiger partial charge in [0.25, 0.3) is 5.91 Å². The summed E-state index contributed by atoms with van der Waals surface area (Å²) in [4.78, 5) is 32.1. The molecular weight excluding hydrogens is 547 g/mol. The van der Waals surface area contributed by atoms with Crippen LogP contribution in [0.2, 0.25) is 0 Å². The van der Waals surface area contributed by atoms with Crippen molar-refractivity contribution in [2.75, 3.05) is 23.3 Å². The minimum absolute atomic E-state index is 0.0285. The molecule has 42 heavy (non-hydrogen) atoms. The maximum atomic E-state index is 13.1. The maximum absolute atomic E-state index is 13.1. The van der Waals surface area contributed by atoms with E-state index in [1.807, 2.05) is 12.1 Å². The summed E-state index contributed by atoms with van der Waals surface area (Å²) in [5, 5.41) is 5.36. The zero-order valence-electron chi connectivity index (χ0n) is 22.9. The summed E-state index contributed by atoms with van der Waals surface area (Å²) in [5.74, 6) is -0.381. The molecule has 4 aromatic rings. The van der Waals surface area contributed by atoms with Crippen molar-refractivity contribution in [2.45, 2.75) is 32.0 Å². The van der Waals surface area contributed by atoms with Gasteiger partial charge in [-0.1, -0.05) is 42.5 Å². The van der Waals surface area contributed by atoms with Gasteiger partial charge in [0, 0.05) is 37.9 Å². The minimum Gasteiger partial charge on any atom is -0.375 e. The number of hydrogen-bond donors (Lipinski definition) is 2. The van der Waals surface area contributed by atoms with Gasteiger partial charge in [-0.05, 0) is 66.3 Å². The van der Waals surface area contributed by atoms with Gasteiger partial charge in [-0.3, -0.25) is 4.79 Å². The summed E-state index contributed by atoms with van der Waals surface area (Å²) in [7, 11) is 1.61. The fourth-order valence-electron chi connectivity index (χ4n) is 4.83. The number of halogens is 3. The lowest BCUT2D eigenvalue weighted by molar-refractivity contribution is -0.137. The molecule has 1 aliphatic rings. The number of benzene rings is 3. The number of ether oxygens (including phenoxy) is 1. The number of carbonyl (C=O) groups excluding carboxylic acids is 2. The van der Waals surface area contributed by atoms with Crippen molar-refractivity contribution >= 4 is 23.5 Å². The molecule has 11 heteroatoms. The third-order valence-corrected chi connectivity index (χ3v) is 7.05. The highest BCUT2D eigenvalue weighted by molar-refractivity contribution is 6.08. The van der Waals surface area contributed by atoms with Crippen LogP contribution in [0.1, 0.15) is 40.7 Å². The average molecular weight is 578 g/mol. The number of alkyl halides is 3. The first kappa shape index (κ1) is 28.7. The number of rotatable bonds is 7. The summed E-state index contributed by atoms with van der Waals surface area (Å²) >= 11 is 0. The number of amides is 2. The number of anilines is 2. The van der Waals surface area contributed by atoms with Crippen molar-refractivity contribution in [1.82, 2.24) is 14.9 Å². The van der Waals surface area contributed by atoms with Crippen LogP contribution < -0.4 is 20.3 Å². The van der Waals surface area contributed by atoms with Crippen LogP contribution in [0.25, 0.3) is 11.1 Å². The van der Waals surface area contributed by atoms with Gasteiger partial charge >= 0.3 is 18.3 Å². The molecule has 0 saturated carbocycles. The number of aromatic nitrogens is 2. The van der Waals surface area contributed by atoms with E-state index in [-0.39, 0.29) is 23.9 Å². The standard InChI is InChI=1S/C31H30F3N5O3/c1-38-20-27(36-28(40)26-8-4-3-7-25(26)22-11-13-23(14-12-22)31(32,33)34)37-29(38)42-30(41)35-19-21-9-15-24(16-10-21)39-17-5-2-6-18-39/h3-4,7-16,20H,2,5-6,17-19H2,1H3,(H,35,41)(H,36,40). The summed E-state index contributed by atoms with van der Waals surface area (Å²) in [5.41, 5.74) is 2.48. The zero-order chi connectivity index (χ0) is 29.7. The van der Waals surface area contributed by atoms with Crippen LogP contribution in [0.3, 0.4) is 0 Å². The van der Waals surface area contributed by atoms with Gasteiger partial charge in [0.1, 0.15) is 0 Å². The van der Waals surface area contributed by atoms with Gasteiger partial charge < -0.3 is 24.8 Å². The van der Waals surface area contributed by atoms with Crippen LogP contribution in [0.5, 0.6) is 6.01 Å². The number of nitrogens with one attached hydrogen (secondary N) is 2. The summed E-state index contributed by atoms with van der Waals surface area (Å²) in [6.45, 7) is 2.39. The largest absolute Gasteiger partial charge is 0.416 e. The number of imidazole rings is 1. The fourth-order valence-corrected chi connectivity index (χ4v) is 4.83. The molecule has 2 N–H and O–H groups in total. The van der Waals surface area contributed by atoms with Crippen LogP contribution in [-0.2, 0) is 19.8 Å². The molecule has 0 unspecified atom stereocenters. The molecule has 1 aliphatic heterocycles. The maximum Gasteiger partial charge on any atom is 0.416 e. The monoisotopic (exact) mass is 577 g/mol. The first-order valence-electron chi connectivity index (χ1n) is 13.6. The molecule has 2 amide bonds. The van der Waals surface area contributed by atoms with Gasteiger partial charge in [-0.2, -0.15) is 18.2 Å². The Balaban J connectivity index is 1.18. The van der Waals surface area contributed by atoms with Crippen molar-refractivity contribution in [1.29, 1.82) is 0 Å². The Labute approximate surface area is 241 Å². The zero-order valence-corrected chi connectivity index (χ0v) is 22.9. The van der Waals surface area contributed by atoms with Crippen molar-refractivity contribution in [3.8, 4) is 17.1 Å². The second kappa shape index (κ2) is 12.4. The Hall–Kier alpha value is -4.80. The average Bonchev–Trinajstić information content (AvgIpc) is 3.34. The Morgan fingerprint density at radius 2 is 1.62 bits per heavy atom. The lowest BCUT2D eigenvalue weighted by atomic mass is 9.98. The van der Waals surface area contributed by atoms with Gasteiger partial charge in [0.05, 0.1) is 11.8 Å². The van der Waals surface area contributed by atoms with E-state index in [0.29, 0.717) is 11.1 Å². The van der Waals surface area contributed by atoms with Crippen molar-refractivity contribution in [3.63, 3.8) is 0 Å². The van der Waals surface area contributed by atoms with Gasteiger partial charge in [-0.25, -0.2) is 4.79 Å². The van der Waals surface area contributed by atoms with E-state index in [1.54, 1.807) is 31.3 Å². The highest BCUT2D eigenvalue weighted by atomic mass is 19.4. The highest BCUT2D eigenvalue weighted by Crippen LogP contribution is 2.32. The van der Waals surface area contributed by atoms with E-state index in [4.69, 9.17) is 4.74 Å². The molecule has 3 aromatic carbocycles. The number of hydrogen-bond acceptors (Lipinski definition) is 5. The molecule has 0 aliphatic carbocycles. The number of nitrogens with zero attached hydrogens (tertiary/aromatic N) is 3. The van der Waals surface area contributed by atoms with Crippen LogP contribution >= 0.6 is 0 Å². The molecule has 0 atom stereocenters. The smallest absolute Gasteiger partial charge is 0.375 e. The van der Waals surface area contributed by atoms with E-state index in [0.717, 1.165) is 30.8 Å². The summed E-state index contributed by atoms with van der Waals surface area (Å²) < 4.78 is 45.7. The Morgan fingerprint density at radius 1 is 0.929 bits per heavy atom. The number of aryl methyl sites for hydroxylation is 1. The second-order valence-electron chi connectivity index (χ2n) is 10.1. The summed E-state index contributed by atoms with van der Waals surface area (Å²) in [6.07, 6.45) is -0.00353. The molecule has 8 nitrogen and oxygen atoms in total. The van der Waals surface area contributed by atoms with Gasteiger partial charge in [0.15, 0.2) is 5.82 Å². The third kappa shape index (κ3) is 6.91. The molecule has 0 spiro atoms. The van der Waals surface area contributed by atoms with E-state index >= 15 is 0 Å². The van der Waals surface area contributed by atoms with Crippen molar-refractivity contribution in [2.24, 2.45) is 7.05 Å². The fraction of sp³-hybridized carbons (Fsp3) is 0.258. The number of carbonyl (C=O) groups is 2. The van der Waals surface area contributed by atoms with E-state index in [1.165, 1.54) is 47.8 Å². The lowest BCUT2D eigenvalue weighted by Crippen LogP contribution is -2.29. The van der Waals surface area contributed by atoms with Gasteiger partial charge in [-0.15, -0.1) is 0 Å². The molecule has 218 valence electrons. The van der Waals surface area contributed by atoms with Crippen molar-refractivity contribution < 1.29 is 27.5 Å². The first-order valence-corrected chi connectivity index (χ1v) is 13.6. The molecule has 0 bridgehead atoms. The highest BCUT2D eigenvalue weighted by Gasteiger charge is 2.30. The van der Waals surface area contributed by atoms with Crippen LogP contribution in [-0.4, -0.2) is 34.6 Å². The molecule has 2 heterocycles. The SMILES string of the molecule is Cn1cc(NC(=O)c2ccccc2-c2ccc(C(F)(F)F)cc2)nc1OC(=O)NCc1ccc(N2CCCCC2)cc1. The quantitative estimate of drug-likeness (QED) is 0.257. The van der Waals surface area contributed by atoms with Gasteiger partial charge in [0.2, 0.25) is 0 Å². The molecule has 5 rings (SSSR count). The predicted octanol–water partition coefficient (Wildman–Crippen LogP) is 6.64. The van der Waals surface area contributed by atoms with Crippen LogP contribution in [0.15, 0.2) is 79.0 Å². The Kier molecular flexibility index (Phi) is 8.46. The minimum atomic E-state index is -4.46.